The maximum absolute atomic E-state index is 6.38. The lowest BCUT2D eigenvalue weighted by atomic mass is 10.2. The van der Waals surface area contributed by atoms with Crippen molar-refractivity contribution in [2.24, 2.45) is 0 Å². The van der Waals surface area contributed by atoms with Gasteiger partial charge in [-0.2, -0.15) is 10.2 Å². The zero-order valence-electron chi connectivity index (χ0n) is 12.7. The Morgan fingerprint density at radius 3 is 2.96 bits per heavy atom. The molecular formula is C16H15ClN6. The summed E-state index contributed by atoms with van der Waals surface area (Å²) in [4.78, 5) is 4.34. The van der Waals surface area contributed by atoms with Crippen LogP contribution in [0.1, 0.15) is 19.9 Å². The number of pyridine rings is 1. The number of anilines is 2. The lowest BCUT2D eigenvalue weighted by Crippen LogP contribution is -1.99. The summed E-state index contributed by atoms with van der Waals surface area (Å²) in [6, 6.07) is 7.95. The first-order valence-electron chi connectivity index (χ1n) is 7.36. The first-order valence-corrected chi connectivity index (χ1v) is 7.74. The quantitative estimate of drug-likeness (QED) is 0.589. The number of fused-ring (bicyclic) bond motifs is 2. The molecule has 0 spiro atoms. The summed E-state index contributed by atoms with van der Waals surface area (Å²) in [5.41, 5.74) is 3.33. The van der Waals surface area contributed by atoms with Crippen molar-refractivity contribution in [3.63, 3.8) is 0 Å². The van der Waals surface area contributed by atoms with Gasteiger partial charge < -0.3 is 5.32 Å². The molecule has 0 aliphatic rings. The van der Waals surface area contributed by atoms with Crippen LogP contribution in [-0.4, -0.2) is 25.0 Å². The summed E-state index contributed by atoms with van der Waals surface area (Å²) in [6.45, 7) is 4.17. The van der Waals surface area contributed by atoms with E-state index in [0.29, 0.717) is 10.8 Å². The molecule has 0 bridgehead atoms. The van der Waals surface area contributed by atoms with Crippen molar-refractivity contribution >= 4 is 45.0 Å². The van der Waals surface area contributed by atoms with Gasteiger partial charge in [0.25, 0.3) is 0 Å². The number of nitrogens with one attached hydrogen (secondary N) is 2. The van der Waals surface area contributed by atoms with Crippen LogP contribution in [0, 0.1) is 0 Å². The fourth-order valence-corrected chi connectivity index (χ4v) is 2.79. The molecule has 0 aliphatic heterocycles. The highest BCUT2D eigenvalue weighted by Crippen LogP contribution is 2.30. The van der Waals surface area contributed by atoms with Gasteiger partial charge in [0.2, 0.25) is 0 Å². The van der Waals surface area contributed by atoms with Gasteiger partial charge >= 0.3 is 0 Å². The molecule has 0 aliphatic carbocycles. The molecule has 0 saturated heterocycles. The van der Waals surface area contributed by atoms with Gasteiger partial charge in [0.15, 0.2) is 5.82 Å². The van der Waals surface area contributed by atoms with Crippen LogP contribution < -0.4 is 5.32 Å². The smallest absolute Gasteiger partial charge is 0.178 e. The van der Waals surface area contributed by atoms with Crippen molar-refractivity contribution in [3.8, 4) is 0 Å². The van der Waals surface area contributed by atoms with Gasteiger partial charge in [0.05, 0.1) is 10.5 Å². The van der Waals surface area contributed by atoms with Crippen LogP contribution in [0.2, 0.25) is 5.02 Å². The molecule has 0 saturated carbocycles. The van der Waals surface area contributed by atoms with Crippen LogP contribution in [0.15, 0.2) is 36.7 Å². The Hall–Kier alpha value is -2.60. The average Bonchev–Trinajstić information content (AvgIpc) is 3.12. The molecule has 0 unspecified atom stereocenters. The van der Waals surface area contributed by atoms with E-state index in [9.17, 15) is 0 Å². The van der Waals surface area contributed by atoms with Crippen molar-refractivity contribution in [1.29, 1.82) is 0 Å². The van der Waals surface area contributed by atoms with Crippen LogP contribution in [0.4, 0.5) is 11.5 Å². The minimum Gasteiger partial charge on any atom is -0.337 e. The highest BCUT2D eigenvalue weighted by molar-refractivity contribution is 6.35. The standard InChI is InChI=1S/C16H15ClN6/c1-9(2)23-8-10-6-11(7-12(17)14(10)22-23)19-16-15-13(20-21-16)4-3-5-18-15/h3-9H,1-2H3,(H2,19,20,21). The first kappa shape index (κ1) is 14.0. The molecule has 116 valence electrons. The summed E-state index contributed by atoms with van der Waals surface area (Å²) in [5, 5.41) is 16.6. The molecule has 1 aromatic carbocycles. The minimum atomic E-state index is 0.286. The van der Waals surface area contributed by atoms with Crippen LogP contribution in [0.25, 0.3) is 21.9 Å². The van der Waals surface area contributed by atoms with Gasteiger partial charge in [-0.1, -0.05) is 11.6 Å². The van der Waals surface area contributed by atoms with E-state index in [0.717, 1.165) is 27.6 Å². The largest absolute Gasteiger partial charge is 0.337 e. The highest BCUT2D eigenvalue weighted by atomic mass is 35.5. The Balaban J connectivity index is 1.77. The maximum atomic E-state index is 6.38. The maximum Gasteiger partial charge on any atom is 0.178 e. The highest BCUT2D eigenvalue weighted by Gasteiger charge is 2.11. The van der Waals surface area contributed by atoms with E-state index in [1.165, 1.54) is 0 Å². The van der Waals surface area contributed by atoms with E-state index in [-0.39, 0.29) is 6.04 Å². The molecule has 2 N–H and O–H groups in total. The molecule has 0 atom stereocenters. The van der Waals surface area contributed by atoms with Gasteiger partial charge in [-0.25, -0.2) is 0 Å². The number of halogens is 1. The van der Waals surface area contributed by atoms with E-state index in [4.69, 9.17) is 11.6 Å². The lowest BCUT2D eigenvalue weighted by molar-refractivity contribution is 0.537. The fraction of sp³-hybridized carbons (Fsp3) is 0.188. The first-order chi connectivity index (χ1) is 11.1. The van der Waals surface area contributed by atoms with E-state index in [2.05, 4.69) is 39.4 Å². The molecule has 7 heteroatoms. The van der Waals surface area contributed by atoms with Gasteiger partial charge in [0, 0.05) is 29.5 Å². The Bertz CT molecular complexity index is 1000. The number of rotatable bonds is 3. The predicted molar refractivity (Wildman–Crippen MR) is 92.3 cm³/mol. The zero-order valence-corrected chi connectivity index (χ0v) is 13.5. The van der Waals surface area contributed by atoms with Crippen LogP contribution in [-0.2, 0) is 0 Å². The Kier molecular flexibility index (Phi) is 3.20. The predicted octanol–water partition coefficient (Wildman–Crippen LogP) is 4.29. The SMILES string of the molecule is CC(C)n1cc2cc(Nc3n[nH]c4cccnc34)cc(Cl)c2n1. The normalized spacial score (nSPS) is 11.7. The van der Waals surface area contributed by atoms with Gasteiger partial charge in [-0.05, 0) is 38.1 Å². The van der Waals surface area contributed by atoms with Crippen molar-refractivity contribution in [3.05, 3.63) is 41.7 Å². The number of hydrogen-bond donors (Lipinski definition) is 2. The third-order valence-corrected chi connectivity index (χ3v) is 3.98. The third kappa shape index (κ3) is 2.41. The number of H-pyrrole nitrogens is 1. The second-order valence-electron chi connectivity index (χ2n) is 5.70. The van der Waals surface area contributed by atoms with Crippen LogP contribution >= 0.6 is 11.6 Å². The van der Waals surface area contributed by atoms with Crippen molar-refractivity contribution in [1.82, 2.24) is 25.0 Å². The van der Waals surface area contributed by atoms with Crippen LogP contribution in [0.5, 0.6) is 0 Å². The average molecular weight is 327 g/mol. The molecule has 0 amide bonds. The summed E-state index contributed by atoms with van der Waals surface area (Å²) in [6.07, 6.45) is 3.74. The van der Waals surface area contributed by atoms with E-state index in [1.807, 2.05) is 35.1 Å². The van der Waals surface area contributed by atoms with Crippen LogP contribution in [0.3, 0.4) is 0 Å². The topological polar surface area (TPSA) is 71.4 Å². The Morgan fingerprint density at radius 2 is 2.13 bits per heavy atom. The Labute approximate surface area is 137 Å². The van der Waals surface area contributed by atoms with E-state index >= 15 is 0 Å². The molecule has 0 radical (unpaired) electrons. The summed E-state index contributed by atoms with van der Waals surface area (Å²) in [5.74, 6) is 0.673. The second-order valence-corrected chi connectivity index (χ2v) is 6.10. The molecule has 4 aromatic rings. The summed E-state index contributed by atoms with van der Waals surface area (Å²) in [7, 11) is 0. The molecule has 23 heavy (non-hydrogen) atoms. The van der Waals surface area contributed by atoms with Gasteiger partial charge in [-0.3, -0.25) is 14.8 Å². The molecule has 4 rings (SSSR count). The van der Waals surface area contributed by atoms with Crippen molar-refractivity contribution in [2.45, 2.75) is 19.9 Å². The number of aromatic amines is 1. The van der Waals surface area contributed by atoms with Crippen molar-refractivity contribution < 1.29 is 0 Å². The number of nitrogens with zero attached hydrogens (tertiary/aromatic N) is 4. The number of benzene rings is 1. The molecule has 0 fully saturated rings. The monoisotopic (exact) mass is 326 g/mol. The van der Waals surface area contributed by atoms with Gasteiger partial charge in [-0.15, -0.1) is 0 Å². The molecule has 3 heterocycles. The van der Waals surface area contributed by atoms with Gasteiger partial charge in [0.1, 0.15) is 11.0 Å². The Morgan fingerprint density at radius 1 is 1.26 bits per heavy atom. The molecular weight excluding hydrogens is 312 g/mol. The van der Waals surface area contributed by atoms with E-state index in [1.54, 1.807) is 6.20 Å². The van der Waals surface area contributed by atoms with Crippen molar-refractivity contribution in [2.75, 3.05) is 5.32 Å². The zero-order chi connectivity index (χ0) is 16.0. The number of hydrogen-bond acceptors (Lipinski definition) is 4. The third-order valence-electron chi connectivity index (χ3n) is 3.69. The summed E-state index contributed by atoms with van der Waals surface area (Å²) >= 11 is 6.38. The number of aromatic nitrogens is 5. The lowest BCUT2D eigenvalue weighted by Gasteiger charge is -2.04. The molecule has 3 aromatic heterocycles. The minimum absolute atomic E-state index is 0.286. The second kappa shape index (κ2) is 5.24. The molecule has 6 nitrogen and oxygen atoms in total. The van der Waals surface area contributed by atoms with E-state index < -0.39 is 0 Å². The summed E-state index contributed by atoms with van der Waals surface area (Å²) < 4.78 is 1.91. The fourth-order valence-electron chi connectivity index (χ4n) is 2.52.